The number of hydrogen-bond acceptors (Lipinski definition) is 5. The maximum Gasteiger partial charge on any atom is 0.416 e. The third kappa shape index (κ3) is 5.11. The van der Waals surface area contributed by atoms with Gasteiger partial charge in [0.25, 0.3) is 0 Å². The number of carbonyl (C=O) groups is 1. The molecule has 0 aliphatic carbocycles. The first-order chi connectivity index (χ1) is 14.9. The van der Waals surface area contributed by atoms with Crippen LogP contribution in [0.2, 0.25) is 0 Å². The lowest BCUT2D eigenvalue weighted by Gasteiger charge is -2.31. The van der Waals surface area contributed by atoms with Crippen molar-refractivity contribution in [3.05, 3.63) is 60.3 Å². The number of thioether (sulfide) groups is 1. The first kappa shape index (κ1) is 21.5. The summed E-state index contributed by atoms with van der Waals surface area (Å²) in [5, 5.41) is 3.61. The van der Waals surface area contributed by atoms with Crippen LogP contribution in [0.4, 0.5) is 24.5 Å². The number of hydrogen-bond donors (Lipinski definition) is 1. The minimum Gasteiger partial charge on any atom is -0.378 e. The van der Waals surface area contributed by atoms with Crippen LogP contribution < -0.4 is 10.2 Å². The number of carbonyl (C=O) groups excluding carboxylic acids is 1. The second kappa shape index (κ2) is 9.15. The molecule has 3 aromatic rings. The number of amides is 1. The third-order valence-electron chi connectivity index (χ3n) is 4.92. The van der Waals surface area contributed by atoms with Crippen molar-refractivity contribution >= 4 is 39.9 Å². The standard InChI is InChI=1S/C22H20F3N3O2S/c23-22(24,25)15-5-6-19(28-9-11-30-12-10-28)18(13-15)27-21(29)14-31-20-7-8-26-17-4-2-1-3-16(17)20/h1-8,13H,9-12,14H2,(H,27,29). The molecule has 2 heterocycles. The van der Waals surface area contributed by atoms with Gasteiger partial charge in [0.15, 0.2) is 0 Å². The van der Waals surface area contributed by atoms with Crippen molar-refractivity contribution in [2.75, 3.05) is 42.3 Å². The van der Waals surface area contributed by atoms with Gasteiger partial charge in [0.1, 0.15) is 0 Å². The number of benzene rings is 2. The molecule has 1 amide bonds. The van der Waals surface area contributed by atoms with E-state index in [2.05, 4.69) is 10.3 Å². The lowest BCUT2D eigenvalue weighted by atomic mass is 10.1. The van der Waals surface area contributed by atoms with Crippen molar-refractivity contribution in [1.82, 2.24) is 4.98 Å². The molecule has 2 aromatic carbocycles. The zero-order valence-corrected chi connectivity index (χ0v) is 17.3. The number of ether oxygens (including phenoxy) is 1. The van der Waals surface area contributed by atoms with Gasteiger partial charge in [0, 0.05) is 29.6 Å². The Morgan fingerprint density at radius 2 is 1.90 bits per heavy atom. The van der Waals surface area contributed by atoms with E-state index in [-0.39, 0.29) is 17.3 Å². The van der Waals surface area contributed by atoms with E-state index >= 15 is 0 Å². The second-order valence-electron chi connectivity index (χ2n) is 6.99. The first-order valence-electron chi connectivity index (χ1n) is 9.72. The molecular weight excluding hydrogens is 427 g/mol. The lowest BCUT2D eigenvalue weighted by molar-refractivity contribution is -0.137. The normalized spacial score (nSPS) is 14.6. The fraction of sp³-hybridized carbons (Fsp3) is 0.273. The number of halogens is 3. The van der Waals surface area contributed by atoms with Crippen LogP contribution in [0.3, 0.4) is 0 Å². The number of pyridine rings is 1. The van der Waals surface area contributed by atoms with E-state index in [0.717, 1.165) is 27.9 Å². The van der Waals surface area contributed by atoms with Crippen LogP contribution >= 0.6 is 11.8 Å². The average molecular weight is 447 g/mol. The number of rotatable bonds is 5. The van der Waals surface area contributed by atoms with E-state index in [0.29, 0.717) is 32.0 Å². The Labute approximate surface area is 181 Å². The average Bonchev–Trinajstić information content (AvgIpc) is 2.77. The van der Waals surface area contributed by atoms with Crippen LogP contribution in [0.5, 0.6) is 0 Å². The summed E-state index contributed by atoms with van der Waals surface area (Å²) >= 11 is 1.32. The number of anilines is 2. The van der Waals surface area contributed by atoms with Crippen LogP contribution in [0.15, 0.2) is 59.6 Å². The molecule has 1 saturated heterocycles. The number of fused-ring (bicyclic) bond motifs is 1. The van der Waals surface area contributed by atoms with Crippen molar-refractivity contribution in [2.45, 2.75) is 11.1 Å². The summed E-state index contributed by atoms with van der Waals surface area (Å²) in [6.07, 6.45) is -2.82. The highest BCUT2D eigenvalue weighted by atomic mass is 32.2. The fourth-order valence-electron chi connectivity index (χ4n) is 3.42. The number of nitrogens with one attached hydrogen (secondary N) is 1. The van der Waals surface area contributed by atoms with Gasteiger partial charge in [0.05, 0.1) is 41.4 Å². The number of aromatic nitrogens is 1. The van der Waals surface area contributed by atoms with Crippen molar-refractivity contribution in [3.63, 3.8) is 0 Å². The summed E-state index contributed by atoms with van der Waals surface area (Å²) in [5.74, 6) is -0.313. The van der Waals surface area contributed by atoms with Gasteiger partial charge in [-0.25, -0.2) is 0 Å². The third-order valence-corrected chi connectivity index (χ3v) is 5.99. The number of morpholine rings is 1. The van der Waals surface area contributed by atoms with Crippen molar-refractivity contribution < 1.29 is 22.7 Å². The molecule has 0 bridgehead atoms. The highest BCUT2D eigenvalue weighted by Gasteiger charge is 2.32. The monoisotopic (exact) mass is 447 g/mol. The molecule has 1 aliphatic heterocycles. The molecule has 0 unspecified atom stereocenters. The predicted molar refractivity (Wildman–Crippen MR) is 116 cm³/mol. The molecule has 0 saturated carbocycles. The topological polar surface area (TPSA) is 54.5 Å². The van der Waals surface area contributed by atoms with E-state index in [9.17, 15) is 18.0 Å². The van der Waals surface area contributed by atoms with Gasteiger partial charge in [-0.15, -0.1) is 11.8 Å². The molecule has 5 nitrogen and oxygen atoms in total. The van der Waals surface area contributed by atoms with Gasteiger partial charge in [0.2, 0.25) is 5.91 Å². The molecule has 162 valence electrons. The predicted octanol–water partition coefficient (Wildman–Crippen LogP) is 4.82. The van der Waals surface area contributed by atoms with Crippen LogP contribution in [0, 0.1) is 0 Å². The largest absolute Gasteiger partial charge is 0.416 e. The molecular formula is C22H20F3N3O2S. The van der Waals surface area contributed by atoms with Gasteiger partial charge in [-0.1, -0.05) is 18.2 Å². The summed E-state index contributed by atoms with van der Waals surface area (Å²) in [6, 6.07) is 12.9. The summed E-state index contributed by atoms with van der Waals surface area (Å²) in [7, 11) is 0. The summed E-state index contributed by atoms with van der Waals surface area (Å²) in [5.41, 5.74) is 0.735. The van der Waals surface area contributed by atoms with E-state index < -0.39 is 11.7 Å². The molecule has 1 aromatic heterocycles. The van der Waals surface area contributed by atoms with Crippen LogP contribution in [0.1, 0.15) is 5.56 Å². The Kier molecular flexibility index (Phi) is 6.33. The van der Waals surface area contributed by atoms with Gasteiger partial charge in [-0.2, -0.15) is 13.2 Å². The van der Waals surface area contributed by atoms with Crippen molar-refractivity contribution in [3.8, 4) is 0 Å². The Balaban J connectivity index is 1.53. The fourth-order valence-corrected chi connectivity index (χ4v) is 4.26. The molecule has 1 fully saturated rings. The van der Waals surface area contributed by atoms with Crippen LogP contribution in [-0.2, 0) is 15.7 Å². The van der Waals surface area contributed by atoms with Crippen LogP contribution in [0.25, 0.3) is 10.9 Å². The molecule has 0 radical (unpaired) electrons. The molecule has 4 rings (SSSR count). The molecule has 0 spiro atoms. The maximum absolute atomic E-state index is 13.2. The number of alkyl halides is 3. The van der Waals surface area contributed by atoms with Gasteiger partial charge in [-0.05, 0) is 30.3 Å². The Bertz CT molecular complexity index is 1080. The van der Waals surface area contributed by atoms with E-state index in [4.69, 9.17) is 4.74 Å². The lowest BCUT2D eigenvalue weighted by Crippen LogP contribution is -2.37. The quantitative estimate of drug-likeness (QED) is 0.569. The number of nitrogens with zero attached hydrogens (tertiary/aromatic N) is 2. The van der Waals surface area contributed by atoms with E-state index in [1.54, 1.807) is 6.20 Å². The highest BCUT2D eigenvalue weighted by Crippen LogP contribution is 2.36. The molecule has 9 heteroatoms. The molecule has 31 heavy (non-hydrogen) atoms. The van der Waals surface area contributed by atoms with Crippen molar-refractivity contribution in [2.24, 2.45) is 0 Å². The summed E-state index contributed by atoms with van der Waals surface area (Å²) in [4.78, 5) is 19.7. The zero-order chi connectivity index (χ0) is 21.8. The minimum atomic E-state index is -4.49. The first-order valence-corrected chi connectivity index (χ1v) is 10.7. The Morgan fingerprint density at radius 1 is 1.13 bits per heavy atom. The van der Waals surface area contributed by atoms with Crippen LogP contribution in [-0.4, -0.2) is 42.9 Å². The highest BCUT2D eigenvalue weighted by molar-refractivity contribution is 8.00. The molecule has 1 aliphatic rings. The van der Waals surface area contributed by atoms with E-state index in [1.165, 1.54) is 17.8 Å². The minimum absolute atomic E-state index is 0.0623. The SMILES string of the molecule is O=C(CSc1ccnc2ccccc12)Nc1cc(C(F)(F)F)ccc1N1CCOCC1. The van der Waals surface area contributed by atoms with E-state index in [1.807, 2.05) is 35.2 Å². The van der Waals surface area contributed by atoms with Gasteiger partial charge < -0.3 is 15.0 Å². The number of para-hydroxylation sites is 1. The van der Waals surface area contributed by atoms with Crippen molar-refractivity contribution in [1.29, 1.82) is 0 Å². The second-order valence-corrected chi connectivity index (χ2v) is 8.01. The van der Waals surface area contributed by atoms with Gasteiger partial charge >= 0.3 is 6.18 Å². The maximum atomic E-state index is 13.2. The summed E-state index contributed by atoms with van der Waals surface area (Å²) in [6.45, 7) is 2.07. The smallest absolute Gasteiger partial charge is 0.378 e. The molecule has 1 N–H and O–H groups in total. The zero-order valence-electron chi connectivity index (χ0n) is 16.5. The Hall–Kier alpha value is -2.78. The Morgan fingerprint density at radius 3 is 2.68 bits per heavy atom. The van der Waals surface area contributed by atoms with Gasteiger partial charge in [-0.3, -0.25) is 9.78 Å². The summed E-state index contributed by atoms with van der Waals surface area (Å²) < 4.78 is 45.0. The molecule has 0 atom stereocenters.